The summed E-state index contributed by atoms with van der Waals surface area (Å²) >= 11 is 2.57. The molecule has 0 bridgehead atoms. The Bertz CT molecular complexity index is 1480. The van der Waals surface area contributed by atoms with Crippen molar-refractivity contribution in [1.82, 2.24) is 9.88 Å². The lowest BCUT2D eigenvalue weighted by molar-refractivity contribution is -0.127. The summed E-state index contributed by atoms with van der Waals surface area (Å²) in [6, 6.07) is 15.1. The molecule has 2 aromatic carbocycles. The Hall–Kier alpha value is -4.03. The van der Waals surface area contributed by atoms with E-state index in [2.05, 4.69) is 64.0 Å². The molecule has 3 aromatic rings. The number of amides is 1. The second kappa shape index (κ2) is 19.2. The Labute approximate surface area is 261 Å². The van der Waals surface area contributed by atoms with E-state index in [4.69, 9.17) is 11.5 Å². The summed E-state index contributed by atoms with van der Waals surface area (Å²) < 4.78 is 4.41. The van der Waals surface area contributed by atoms with Crippen LogP contribution in [0.3, 0.4) is 0 Å². The highest BCUT2D eigenvalue weighted by atomic mass is 32.2. The minimum absolute atomic E-state index is 0.0354. The van der Waals surface area contributed by atoms with Gasteiger partial charge in [0.15, 0.2) is 11.7 Å². The molecular weight excluding hydrogens is 583 g/mol. The highest BCUT2D eigenvalue weighted by molar-refractivity contribution is 8.02. The third kappa shape index (κ3) is 12.0. The van der Waals surface area contributed by atoms with Gasteiger partial charge in [0.1, 0.15) is 12.2 Å². The Morgan fingerprint density at radius 3 is 2.58 bits per heavy atom. The lowest BCUT2D eigenvalue weighted by Crippen LogP contribution is -2.44. The van der Waals surface area contributed by atoms with Crippen LogP contribution in [-0.4, -0.2) is 47.3 Å². The molecule has 0 aliphatic heterocycles. The number of ketones is 1. The number of aryl methyl sites for hydroxylation is 1. The van der Waals surface area contributed by atoms with Crippen LogP contribution in [0.5, 0.6) is 0 Å². The number of nitrogens with two attached hydrogens (primary N) is 2. The molecule has 0 saturated heterocycles. The van der Waals surface area contributed by atoms with Crippen molar-refractivity contribution in [1.29, 1.82) is 0 Å². The van der Waals surface area contributed by atoms with E-state index in [-0.39, 0.29) is 29.6 Å². The van der Waals surface area contributed by atoms with Crippen molar-refractivity contribution < 1.29 is 9.59 Å². The topological polar surface area (TPSA) is 157 Å². The molecule has 1 amide bonds. The van der Waals surface area contributed by atoms with Crippen LogP contribution in [0.15, 0.2) is 86.0 Å². The second-order valence-corrected chi connectivity index (χ2v) is 10.8. The van der Waals surface area contributed by atoms with Gasteiger partial charge < -0.3 is 26.1 Å². The van der Waals surface area contributed by atoms with Gasteiger partial charge in [-0.15, -0.1) is 11.8 Å². The van der Waals surface area contributed by atoms with Crippen LogP contribution >= 0.6 is 23.7 Å². The number of carbonyl (C=O) groups is 2. The van der Waals surface area contributed by atoms with E-state index in [0.717, 1.165) is 16.7 Å². The van der Waals surface area contributed by atoms with E-state index in [1.54, 1.807) is 17.5 Å². The standard InChI is InChI=1S/C29H35N7O3S2.C2H6/c1-3-20-8-9-22-17-23(11-10-21(22)16-20)41-35-25-7-5-14-36(28(25)39)18-27(38)34-24(6-4-12-33-29(30)31)26(37)19-40-15-13-32-2;1-2/h5,7-11,13-17,24,35H,2-4,6,12,18-19H2,1H3,(H,34,38)(H4,30,31,33);1-2H3/b15-13-;/t24-;/m0./s1. The summed E-state index contributed by atoms with van der Waals surface area (Å²) in [5, 5.41) is 6.70. The maximum absolute atomic E-state index is 13.1. The quantitative estimate of drug-likeness (QED) is 0.0773. The normalized spacial score (nSPS) is 11.3. The molecule has 0 aliphatic rings. The third-order valence-electron chi connectivity index (χ3n) is 6.05. The Balaban J connectivity index is 0.00000316. The molecule has 0 saturated carbocycles. The molecular formula is C31H41N7O3S2. The highest BCUT2D eigenvalue weighted by Crippen LogP contribution is 2.25. The molecule has 1 heterocycles. The van der Waals surface area contributed by atoms with Gasteiger partial charge in [-0.05, 0) is 83.9 Å². The van der Waals surface area contributed by atoms with Crippen molar-refractivity contribution in [2.24, 2.45) is 21.5 Å². The number of pyridine rings is 1. The summed E-state index contributed by atoms with van der Waals surface area (Å²) in [6.07, 6.45) is 4.85. The SMILES string of the molecule is C=N/C=C\SCC(=O)[C@H](CCCN=C(N)N)NC(=O)Cn1cccc(NSc2ccc3cc(CC)ccc3c2)c1=O.CC. The summed E-state index contributed by atoms with van der Waals surface area (Å²) in [5.74, 6) is -0.509. The van der Waals surface area contributed by atoms with Gasteiger partial charge in [-0.3, -0.25) is 24.4 Å². The molecule has 0 aliphatic carbocycles. The average Bonchev–Trinajstić information content (AvgIpc) is 3.01. The monoisotopic (exact) mass is 623 g/mol. The third-order valence-corrected chi connectivity index (χ3v) is 7.63. The maximum Gasteiger partial charge on any atom is 0.275 e. The van der Waals surface area contributed by atoms with Crippen LogP contribution in [0, 0.1) is 0 Å². The maximum atomic E-state index is 13.1. The molecule has 230 valence electrons. The zero-order valence-corrected chi connectivity index (χ0v) is 26.5. The van der Waals surface area contributed by atoms with Crippen molar-refractivity contribution in [2.45, 2.75) is 57.5 Å². The Morgan fingerprint density at radius 2 is 1.86 bits per heavy atom. The first kappa shape index (κ1) is 35.2. The fraction of sp³-hybridized carbons (Fsp3) is 0.323. The lowest BCUT2D eigenvalue weighted by Gasteiger charge is -2.18. The molecule has 0 radical (unpaired) electrons. The van der Waals surface area contributed by atoms with Crippen LogP contribution in [0.25, 0.3) is 10.8 Å². The van der Waals surface area contributed by atoms with E-state index >= 15 is 0 Å². The number of Topliss-reactive ketones (excluding diaryl/α,β-unsaturated/α-hetero) is 1. The summed E-state index contributed by atoms with van der Waals surface area (Å²) in [6.45, 7) is 9.58. The number of aliphatic imine (C=N–C) groups is 2. The Morgan fingerprint density at radius 1 is 1.12 bits per heavy atom. The molecule has 0 fully saturated rings. The van der Waals surface area contributed by atoms with Gasteiger partial charge >= 0.3 is 0 Å². The van der Waals surface area contributed by atoms with Gasteiger partial charge in [0, 0.05) is 23.8 Å². The number of fused-ring (bicyclic) bond motifs is 1. The summed E-state index contributed by atoms with van der Waals surface area (Å²) in [4.78, 5) is 47.3. The van der Waals surface area contributed by atoms with Crippen molar-refractivity contribution in [3.63, 3.8) is 0 Å². The van der Waals surface area contributed by atoms with Crippen LogP contribution in [-0.2, 0) is 22.6 Å². The van der Waals surface area contributed by atoms with Gasteiger partial charge in [0.05, 0.1) is 11.8 Å². The number of anilines is 1. The first-order valence-corrected chi connectivity index (χ1v) is 15.9. The predicted octanol–water partition coefficient (Wildman–Crippen LogP) is 4.72. The van der Waals surface area contributed by atoms with Gasteiger partial charge in [-0.2, -0.15) is 0 Å². The number of nitrogens with zero attached hydrogens (tertiary/aromatic N) is 3. The average molecular weight is 624 g/mol. The molecule has 12 heteroatoms. The fourth-order valence-corrected chi connectivity index (χ4v) is 5.28. The molecule has 6 N–H and O–H groups in total. The molecule has 0 unspecified atom stereocenters. The first-order chi connectivity index (χ1) is 20.8. The van der Waals surface area contributed by atoms with Crippen LogP contribution in [0.2, 0.25) is 0 Å². The molecule has 1 aromatic heterocycles. The summed E-state index contributed by atoms with van der Waals surface area (Å²) in [5.41, 5.74) is 12.0. The highest BCUT2D eigenvalue weighted by Gasteiger charge is 2.20. The number of thioether (sulfide) groups is 1. The molecule has 43 heavy (non-hydrogen) atoms. The largest absolute Gasteiger partial charge is 0.370 e. The van der Waals surface area contributed by atoms with Crippen LogP contribution in [0.1, 0.15) is 39.2 Å². The van der Waals surface area contributed by atoms with Crippen molar-refractivity contribution in [3.8, 4) is 0 Å². The summed E-state index contributed by atoms with van der Waals surface area (Å²) in [7, 11) is 0. The minimum Gasteiger partial charge on any atom is -0.370 e. The van der Waals surface area contributed by atoms with Gasteiger partial charge in [0.25, 0.3) is 5.56 Å². The number of nitrogens with one attached hydrogen (secondary N) is 2. The second-order valence-electron chi connectivity index (χ2n) is 9.07. The lowest BCUT2D eigenvalue weighted by atomic mass is 10.1. The number of aromatic nitrogens is 1. The molecule has 0 spiro atoms. The number of hydrogen-bond acceptors (Lipinski definition) is 8. The number of hydrogen-bond donors (Lipinski definition) is 4. The number of rotatable bonds is 16. The van der Waals surface area contributed by atoms with Crippen LogP contribution in [0.4, 0.5) is 5.69 Å². The van der Waals surface area contributed by atoms with E-state index in [0.29, 0.717) is 25.1 Å². The Kier molecular flexibility index (Phi) is 15.7. The van der Waals surface area contributed by atoms with Crippen molar-refractivity contribution >= 4 is 64.5 Å². The predicted molar refractivity (Wildman–Crippen MR) is 183 cm³/mol. The van der Waals surface area contributed by atoms with Crippen molar-refractivity contribution in [2.75, 3.05) is 17.0 Å². The molecule has 3 rings (SSSR count). The molecule has 10 nitrogen and oxygen atoms in total. The minimum atomic E-state index is -0.747. The fourth-order valence-electron chi connectivity index (χ4n) is 3.94. The van der Waals surface area contributed by atoms with Gasteiger partial charge in [-0.1, -0.05) is 45.0 Å². The van der Waals surface area contributed by atoms with Crippen LogP contribution < -0.4 is 27.1 Å². The zero-order chi connectivity index (χ0) is 31.6. The van der Waals surface area contributed by atoms with Gasteiger partial charge in [-0.25, -0.2) is 0 Å². The molecule has 1 atom stereocenters. The van der Waals surface area contributed by atoms with E-state index in [1.165, 1.54) is 51.6 Å². The van der Waals surface area contributed by atoms with E-state index in [1.807, 2.05) is 19.9 Å². The van der Waals surface area contributed by atoms with E-state index in [9.17, 15) is 14.4 Å². The zero-order valence-electron chi connectivity index (χ0n) is 24.9. The first-order valence-electron chi connectivity index (χ1n) is 14.1. The number of carbonyl (C=O) groups excluding carboxylic acids is 2. The number of guanidine groups is 1. The van der Waals surface area contributed by atoms with Gasteiger partial charge in [0.2, 0.25) is 5.91 Å². The smallest absolute Gasteiger partial charge is 0.275 e. The number of benzene rings is 2. The van der Waals surface area contributed by atoms with E-state index < -0.39 is 11.9 Å². The van der Waals surface area contributed by atoms with Crippen molar-refractivity contribution in [3.05, 3.63) is 82.3 Å².